The maximum atomic E-state index is 12.6. The highest BCUT2D eigenvalue weighted by Gasteiger charge is 2.15. The first-order valence-electron chi connectivity index (χ1n) is 11.3. The van der Waals surface area contributed by atoms with E-state index in [0.29, 0.717) is 28.8 Å². The topological polar surface area (TPSA) is 73.9 Å². The highest BCUT2D eigenvalue weighted by Crippen LogP contribution is 2.21. The van der Waals surface area contributed by atoms with Gasteiger partial charge >= 0.3 is 5.97 Å². The molecule has 0 fully saturated rings. The Labute approximate surface area is 214 Å². The number of rotatable bonds is 10. The lowest BCUT2D eigenvalue weighted by atomic mass is 10.2. The Morgan fingerprint density at radius 3 is 2.08 bits per heavy atom. The number of hydrogen-bond acceptors (Lipinski definition) is 5. The molecule has 0 atom stereocenters. The van der Waals surface area contributed by atoms with Gasteiger partial charge in [0.05, 0.1) is 0 Å². The van der Waals surface area contributed by atoms with Crippen LogP contribution in [0, 0.1) is 0 Å². The fourth-order valence-electron chi connectivity index (χ4n) is 3.28. The number of amides is 1. The molecule has 0 spiro atoms. The van der Waals surface area contributed by atoms with Gasteiger partial charge in [0.2, 0.25) is 0 Å². The molecule has 0 aromatic heterocycles. The van der Waals surface area contributed by atoms with Crippen molar-refractivity contribution in [3.8, 4) is 11.5 Å². The summed E-state index contributed by atoms with van der Waals surface area (Å²) in [6, 6.07) is 30.8. The number of benzene rings is 4. The Bertz CT molecular complexity index is 1290. The molecular weight excluding hydrogens is 478 g/mol. The van der Waals surface area contributed by atoms with E-state index in [0.717, 1.165) is 11.1 Å². The smallest absolute Gasteiger partial charge is 0.342 e. The van der Waals surface area contributed by atoms with Crippen LogP contribution >= 0.6 is 11.6 Å². The second-order valence-corrected chi connectivity index (χ2v) is 8.27. The molecule has 4 aromatic rings. The molecule has 0 aliphatic heterocycles. The van der Waals surface area contributed by atoms with E-state index in [4.69, 9.17) is 25.8 Å². The highest BCUT2D eigenvalue weighted by atomic mass is 35.5. The van der Waals surface area contributed by atoms with E-state index in [2.05, 4.69) is 5.32 Å². The summed E-state index contributed by atoms with van der Waals surface area (Å²) in [6.07, 6.45) is 0. The van der Waals surface area contributed by atoms with Gasteiger partial charge in [0.15, 0.2) is 6.61 Å². The van der Waals surface area contributed by atoms with Gasteiger partial charge in [-0.1, -0.05) is 66.2 Å². The molecule has 0 saturated heterocycles. The third kappa shape index (κ3) is 7.35. The fourth-order valence-corrected chi connectivity index (χ4v) is 3.41. The molecule has 36 heavy (non-hydrogen) atoms. The zero-order chi connectivity index (χ0) is 25.2. The van der Waals surface area contributed by atoms with Gasteiger partial charge in [-0.05, 0) is 59.7 Å². The zero-order valence-corrected chi connectivity index (χ0v) is 20.1. The van der Waals surface area contributed by atoms with E-state index in [-0.39, 0.29) is 12.2 Å². The lowest BCUT2D eigenvalue weighted by Gasteiger charge is -2.12. The predicted octanol–water partition coefficient (Wildman–Crippen LogP) is 6.29. The molecule has 0 heterocycles. The largest absolute Gasteiger partial charge is 0.489 e. The van der Waals surface area contributed by atoms with Crippen molar-refractivity contribution < 1.29 is 23.8 Å². The van der Waals surface area contributed by atoms with Crippen LogP contribution in [0.2, 0.25) is 5.02 Å². The van der Waals surface area contributed by atoms with E-state index in [1.165, 1.54) is 0 Å². The lowest BCUT2D eigenvalue weighted by molar-refractivity contribution is -0.119. The van der Waals surface area contributed by atoms with Gasteiger partial charge in [-0.25, -0.2) is 4.79 Å². The standard InChI is InChI=1S/C29H24ClNO5/c30-23-12-10-22(11-13-23)19-35-27-9-5-4-8-26(27)29(33)36-20-28(32)31-24-14-16-25(17-15-24)34-18-21-6-2-1-3-7-21/h1-17H,18-20H2,(H,31,32). The first kappa shape index (κ1) is 24.8. The average molecular weight is 502 g/mol. The number of ether oxygens (including phenoxy) is 3. The number of para-hydroxylation sites is 1. The summed E-state index contributed by atoms with van der Waals surface area (Å²) < 4.78 is 16.7. The van der Waals surface area contributed by atoms with Crippen LogP contribution in [0.3, 0.4) is 0 Å². The van der Waals surface area contributed by atoms with Crippen LogP contribution < -0.4 is 14.8 Å². The molecule has 1 amide bonds. The summed E-state index contributed by atoms with van der Waals surface area (Å²) in [5, 5.41) is 3.33. The van der Waals surface area contributed by atoms with Crippen LogP contribution in [0.4, 0.5) is 5.69 Å². The Balaban J connectivity index is 1.25. The first-order chi connectivity index (χ1) is 17.6. The number of nitrogens with one attached hydrogen (secondary N) is 1. The molecule has 0 radical (unpaired) electrons. The minimum Gasteiger partial charge on any atom is -0.489 e. The number of halogens is 1. The Hall–Kier alpha value is -4.29. The minimum atomic E-state index is -0.651. The molecular formula is C29H24ClNO5. The van der Waals surface area contributed by atoms with Crippen molar-refractivity contribution in [2.45, 2.75) is 13.2 Å². The summed E-state index contributed by atoms with van der Waals surface area (Å²) in [6.45, 7) is 0.275. The summed E-state index contributed by atoms with van der Waals surface area (Å²) in [7, 11) is 0. The summed E-state index contributed by atoms with van der Waals surface area (Å²) >= 11 is 5.91. The summed E-state index contributed by atoms with van der Waals surface area (Å²) in [5.41, 5.74) is 2.76. The second-order valence-electron chi connectivity index (χ2n) is 7.83. The molecule has 7 heteroatoms. The molecule has 4 rings (SSSR count). The van der Waals surface area contributed by atoms with E-state index in [1.807, 2.05) is 42.5 Å². The van der Waals surface area contributed by atoms with E-state index in [9.17, 15) is 9.59 Å². The second kappa shape index (κ2) is 12.4. The number of anilines is 1. The molecule has 6 nitrogen and oxygen atoms in total. The quantitative estimate of drug-likeness (QED) is 0.258. The summed E-state index contributed by atoms with van der Waals surface area (Å²) in [5.74, 6) is -0.0650. The molecule has 0 aliphatic rings. The minimum absolute atomic E-state index is 0.235. The number of esters is 1. The van der Waals surface area contributed by atoms with Gasteiger partial charge < -0.3 is 19.5 Å². The van der Waals surface area contributed by atoms with Crippen molar-refractivity contribution in [2.24, 2.45) is 0 Å². The van der Waals surface area contributed by atoms with Gasteiger partial charge in [-0.2, -0.15) is 0 Å². The highest BCUT2D eigenvalue weighted by molar-refractivity contribution is 6.30. The van der Waals surface area contributed by atoms with E-state index >= 15 is 0 Å². The molecule has 4 aromatic carbocycles. The van der Waals surface area contributed by atoms with E-state index in [1.54, 1.807) is 60.7 Å². The van der Waals surface area contributed by atoms with Gasteiger partial charge in [-0.15, -0.1) is 0 Å². The number of carbonyl (C=O) groups excluding carboxylic acids is 2. The number of carbonyl (C=O) groups is 2. The maximum absolute atomic E-state index is 12.6. The van der Waals surface area contributed by atoms with Crippen LogP contribution in [0.15, 0.2) is 103 Å². The van der Waals surface area contributed by atoms with Crippen molar-refractivity contribution in [3.05, 3.63) is 125 Å². The van der Waals surface area contributed by atoms with Crippen molar-refractivity contribution in [1.82, 2.24) is 0 Å². The van der Waals surface area contributed by atoms with Crippen LogP contribution in [-0.2, 0) is 22.7 Å². The summed E-state index contributed by atoms with van der Waals surface area (Å²) in [4.78, 5) is 24.9. The van der Waals surface area contributed by atoms with Crippen LogP contribution in [0.1, 0.15) is 21.5 Å². The molecule has 182 valence electrons. The third-order valence-electron chi connectivity index (χ3n) is 5.14. The SMILES string of the molecule is O=C(COC(=O)c1ccccc1OCc1ccc(Cl)cc1)Nc1ccc(OCc2ccccc2)cc1. The van der Waals surface area contributed by atoms with Crippen LogP contribution in [0.25, 0.3) is 0 Å². The molecule has 0 saturated carbocycles. The van der Waals surface area contributed by atoms with Gasteiger partial charge in [0.25, 0.3) is 5.91 Å². The lowest BCUT2D eigenvalue weighted by Crippen LogP contribution is -2.21. The van der Waals surface area contributed by atoms with Crippen molar-refractivity contribution in [1.29, 1.82) is 0 Å². The Morgan fingerprint density at radius 1 is 0.694 bits per heavy atom. The fraction of sp³-hybridized carbons (Fsp3) is 0.103. The monoisotopic (exact) mass is 501 g/mol. The normalized spacial score (nSPS) is 10.4. The van der Waals surface area contributed by atoms with Gasteiger partial charge in [-0.3, -0.25) is 4.79 Å². The third-order valence-corrected chi connectivity index (χ3v) is 5.39. The maximum Gasteiger partial charge on any atom is 0.342 e. The zero-order valence-electron chi connectivity index (χ0n) is 19.4. The molecule has 0 unspecified atom stereocenters. The van der Waals surface area contributed by atoms with Gasteiger partial charge in [0, 0.05) is 10.7 Å². The first-order valence-corrected chi connectivity index (χ1v) is 11.6. The molecule has 0 bridgehead atoms. The predicted molar refractivity (Wildman–Crippen MR) is 138 cm³/mol. The van der Waals surface area contributed by atoms with E-state index < -0.39 is 18.5 Å². The van der Waals surface area contributed by atoms with Crippen molar-refractivity contribution >= 4 is 29.2 Å². The van der Waals surface area contributed by atoms with Gasteiger partial charge in [0.1, 0.15) is 30.3 Å². The van der Waals surface area contributed by atoms with Crippen molar-refractivity contribution in [3.63, 3.8) is 0 Å². The molecule has 1 N–H and O–H groups in total. The van der Waals surface area contributed by atoms with Crippen LogP contribution in [-0.4, -0.2) is 18.5 Å². The van der Waals surface area contributed by atoms with Crippen LogP contribution in [0.5, 0.6) is 11.5 Å². The molecule has 0 aliphatic carbocycles. The Morgan fingerprint density at radius 2 is 1.33 bits per heavy atom. The average Bonchev–Trinajstić information content (AvgIpc) is 2.92. The number of hydrogen-bond donors (Lipinski definition) is 1. The Kier molecular flexibility index (Phi) is 8.57. The van der Waals surface area contributed by atoms with Crippen molar-refractivity contribution in [2.75, 3.05) is 11.9 Å².